The first-order valence-electron chi connectivity index (χ1n) is 10.1. The number of benzene rings is 2. The minimum Gasteiger partial charge on any atom is -0.497 e. The van der Waals surface area contributed by atoms with Crippen LogP contribution in [0.3, 0.4) is 0 Å². The summed E-state index contributed by atoms with van der Waals surface area (Å²) in [7, 11) is 5.28. The number of hydrogen-bond donors (Lipinski definition) is 2. The Balaban J connectivity index is 0.00000480. The zero-order valence-electron chi connectivity index (χ0n) is 18.9. The summed E-state index contributed by atoms with van der Waals surface area (Å²) in [4.78, 5) is 18.7. The number of ether oxygens (including phenoxy) is 2. The summed E-state index contributed by atoms with van der Waals surface area (Å²) in [5, 5.41) is 6.13. The van der Waals surface area contributed by atoms with Crippen LogP contribution in [0.4, 0.5) is 0 Å². The number of aliphatic imine (C=N–C) groups is 1. The standard InChI is InChI=1S/C23H32N4O3.HI/c1-6-24-22(28)18-10-8-17(9-11-18)15-26-23(25-7-2)27(3)16-19-12-13-20(29-4)14-21(19)30-5;/h8-14H,6-7,15-16H2,1-5H3,(H,24,28)(H,25,26);1H. The summed E-state index contributed by atoms with van der Waals surface area (Å²) in [6, 6.07) is 13.3. The Hall–Kier alpha value is -2.49. The molecule has 0 fully saturated rings. The number of amides is 1. The van der Waals surface area contributed by atoms with Crippen molar-refractivity contribution >= 4 is 35.8 Å². The van der Waals surface area contributed by atoms with E-state index in [0.29, 0.717) is 25.2 Å². The molecule has 31 heavy (non-hydrogen) atoms. The number of rotatable bonds is 9. The Morgan fingerprint density at radius 2 is 1.68 bits per heavy atom. The number of hydrogen-bond acceptors (Lipinski definition) is 4. The van der Waals surface area contributed by atoms with Gasteiger partial charge in [0.05, 0.1) is 20.8 Å². The summed E-state index contributed by atoms with van der Waals surface area (Å²) in [5.41, 5.74) is 2.73. The molecule has 170 valence electrons. The summed E-state index contributed by atoms with van der Waals surface area (Å²) in [6.45, 7) is 6.47. The van der Waals surface area contributed by atoms with E-state index in [4.69, 9.17) is 14.5 Å². The van der Waals surface area contributed by atoms with Crippen LogP contribution in [-0.2, 0) is 13.1 Å². The number of methoxy groups -OCH3 is 2. The van der Waals surface area contributed by atoms with E-state index in [9.17, 15) is 4.79 Å². The van der Waals surface area contributed by atoms with Crippen molar-refractivity contribution in [2.45, 2.75) is 26.9 Å². The lowest BCUT2D eigenvalue weighted by molar-refractivity contribution is 0.0956. The Bertz CT molecular complexity index is 856. The Kier molecular flexibility index (Phi) is 11.8. The van der Waals surface area contributed by atoms with Crippen molar-refractivity contribution in [3.8, 4) is 11.5 Å². The van der Waals surface area contributed by atoms with E-state index in [1.165, 1.54) is 0 Å². The van der Waals surface area contributed by atoms with E-state index < -0.39 is 0 Å². The highest BCUT2D eigenvalue weighted by molar-refractivity contribution is 14.0. The normalized spacial score (nSPS) is 10.7. The van der Waals surface area contributed by atoms with Gasteiger partial charge in [-0.05, 0) is 43.7 Å². The molecule has 0 bridgehead atoms. The van der Waals surface area contributed by atoms with Gasteiger partial charge in [0.15, 0.2) is 5.96 Å². The van der Waals surface area contributed by atoms with Crippen LogP contribution in [0.5, 0.6) is 11.5 Å². The van der Waals surface area contributed by atoms with E-state index in [1.807, 2.05) is 63.4 Å². The van der Waals surface area contributed by atoms with E-state index in [-0.39, 0.29) is 29.9 Å². The maximum atomic E-state index is 11.9. The third-order valence-corrected chi connectivity index (χ3v) is 4.56. The molecule has 2 rings (SSSR count). The fourth-order valence-corrected chi connectivity index (χ4v) is 2.97. The first-order chi connectivity index (χ1) is 14.5. The van der Waals surface area contributed by atoms with Crippen LogP contribution < -0.4 is 20.1 Å². The molecule has 0 atom stereocenters. The van der Waals surface area contributed by atoms with Crippen molar-refractivity contribution in [3.05, 3.63) is 59.2 Å². The molecule has 0 heterocycles. The van der Waals surface area contributed by atoms with Gasteiger partial charge in [-0.2, -0.15) is 0 Å². The van der Waals surface area contributed by atoms with E-state index in [1.54, 1.807) is 14.2 Å². The third kappa shape index (κ3) is 7.93. The number of carbonyl (C=O) groups is 1. The Morgan fingerprint density at radius 3 is 2.26 bits per heavy atom. The molecule has 0 aliphatic heterocycles. The highest BCUT2D eigenvalue weighted by atomic mass is 127. The second-order valence-corrected chi connectivity index (χ2v) is 6.76. The van der Waals surface area contributed by atoms with Crippen LogP contribution in [0.1, 0.15) is 35.3 Å². The minimum absolute atomic E-state index is 0. The Labute approximate surface area is 202 Å². The molecule has 0 aliphatic carbocycles. The molecule has 0 spiro atoms. The molecule has 1 amide bonds. The minimum atomic E-state index is -0.0611. The number of carbonyl (C=O) groups excluding carboxylic acids is 1. The highest BCUT2D eigenvalue weighted by Crippen LogP contribution is 2.25. The van der Waals surface area contributed by atoms with Crippen molar-refractivity contribution in [2.75, 3.05) is 34.4 Å². The molecule has 0 unspecified atom stereocenters. The number of nitrogens with one attached hydrogen (secondary N) is 2. The van der Waals surface area contributed by atoms with Gasteiger partial charge < -0.3 is 25.0 Å². The van der Waals surface area contributed by atoms with Gasteiger partial charge in [0.2, 0.25) is 0 Å². The SMILES string of the molecule is CCNC(=O)c1ccc(CN=C(NCC)N(C)Cc2ccc(OC)cc2OC)cc1.I. The van der Waals surface area contributed by atoms with E-state index in [0.717, 1.165) is 35.1 Å². The van der Waals surface area contributed by atoms with E-state index in [2.05, 4.69) is 15.5 Å². The summed E-state index contributed by atoms with van der Waals surface area (Å²) < 4.78 is 10.8. The van der Waals surface area contributed by atoms with Gasteiger partial charge in [-0.3, -0.25) is 4.79 Å². The first kappa shape index (κ1) is 26.5. The van der Waals surface area contributed by atoms with Crippen LogP contribution in [0.2, 0.25) is 0 Å². The molecule has 2 aromatic rings. The molecule has 2 aromatic carbocycles. The molecule has 8 heteroatoms. The van der Waals surface area contributed by atoms with Gasteiger partial charge in [0.25, 0.3) is 5.91 Å². The highest BCUT2D eigenvalue weighted by Gasteiger charge is 2.11. The van der Waals surface area contributed by atoms with Crippen molar-refractivity contribution in [1.82, 2.24) is 15.5 Å². The predicted octanol–water partition coefficient (Wildman–Crippen LogP) is 3.67. The van der Waals surface area contributed by atoms with Crippen molar-refractivity contribution in [1.29, 1.82) is 0 Å². The topological polar surface area (TPSA) is 75.2 Å². The fraction of sp³-hybridized carbons (Fsp3) is 0.391. The largest absolute Gasteiger partial charge is 0.497 e. The van der Waals surface area contributed by atoms with Gasteiger partial charge in [0, 0.05) is 43.9 Å². The van der Waals surface area contributed by atoms with Gasteiger partial charge in [-0.25, -0.2) is 4.99 Å². The third-order valence-electron chi connectivity index (χ3n) is 4.56. The number of halogens is 1. The fourth-order valence-electron chi connectivity index (χ4n) is 2.97. The first-order valence-corrected chi connectivity index (χ1v) is 10.1. The lowest BCUT2D eigenvalue weighted by Gasteiger charge is -2.23. The van der Waals surface area contributed by atoms with Gasteiger partial charge in [0.1, 0.15) is 11.5 Å². The van der Waals surface area contributed by atoms with Gasteiger partial charge >= 0.3 is 0 Å². The zero-order valence-corrected chi connectivity index (χ0v) is 21.2. The molecule has 0 aliphatic rings. The molecule has 7 nitrogen and oxygen atoms in total. The molecule has 0 aromatic heterocycles. The van der Waals surface area contributed by atoms with Gasteiger partial charge in [-0.1, -0.05) is 12.1 Å². The quantitative estimate of drug-likeness (QED) is 0.289. The van der Waals surface area contributed by atoms with Crippen LogP contribution in [0, 0.1) is 0 Å². The average Bonchev–Trinajstić information content (AvgIpc) is 2.77. The smallest absolute Gasteiger partial charge is 0.251 e. The second kappa shape index (κ2) is 13.7. The van der Waals surface area contributed by atoms with E-state index >= 15 is 0 Å². The van der Waals surface area contributed by atoms with Crippen molar-refractivity contribution < 1.29 is 14.3 Å². The molecular weight excluding hydrogens is 507 g/mol. The lowest BCUT2D eigenvalue weighted by atomic mass is 10.1. The summed E-state index contributed by atoms with van der Waals surface area (Å²) in [5.74, 6) is 2.27. The molecule has 0 saturated heterocycles. The molecule has 2 N–H and O–H groups in total. The maximum absolute atomic E-state index is 11.9. The monoisotopic (exact) mass is 540 g/mol. The molecule has 0 saturated carbocycles. The van der Waals surface area contributed by atoms with Crippen LogP contribution in [0.15, 0.2) is 47.5 Å². The average molecular weight is 540 g/mol. The zero-order chi connectivity index (χ0) is 21.9. The summed E-state index contributed by atoms with van der Waals surface area (Å²) in [6.07, 6.45) is 0. The Morgan fingerprint density at radius 1 is 1.00 bits per heavy atom. The maximum Gasteiger partial charge on any atom is 0.251 e. The molecule has 0 radical (unpaired) electrons. The van der Waals surface area contributed by atoms with Crippen LogP contribution in [-0.4, -0.2) is 51.1 Å². The molecular formula is C23H33IN4O3. The summed E-state index contributed by atoms with van der Waals surface area (Å²) >= 11 is 0. The lowest BCUT2D eigenvalue weighted by Crippen LogP contribution is -2.38. The van der Waals surface area contributed by atoms with Crippen molar-refractivity contribution in [3.63, 3.8) is 0 Å². The van der Waals surface area contributed by atoms with Crippen LogP contribution >= 0.6 is 24.0 Å². The second-order valence-electron chi connectivity index (χ2n) is 6.76. The van der Waals surface area contributed by atoms with Crippen LogP contribution in [0.25, 0.3) is 0 Å². The van der Waals surface area contributed by atoms with Gasteiger partial charge in [-0.15, -0.1) is 24.0 Å². The number of guanidine groups is 1. The van der Waals surface area contributed by atoms with Crippen molar-refractivity contribution in [2.24, 2.45) is 4.99 Å². The predicted molar refractivity (Wildman–Crippen MR) is 136 cm³/mol. The number of nitrogens with zero attached hydrogens (tertiary/aromatic N) is 2.